The molecular weight excluding hydrogens is 256 g/mol. The number of hydrogen-bond donors (Lipinski definition) is 1. The van der Waals surface area contributed by atoms with Gasteiger partial charge in [-0.2, -0.15) is 0 Å². The normalized spacial score (nSPS) is 15.8. The molecule has 5 heteroatoms. The van der Waals surface area contributed by atoms with Gasteiger partial charge < -0.3 is 15.0 Å². The number of nitrogens with zero attached hydrogens (tertiary/aromatic N) is 1. The third kappa shape index (κ3) is 3.29. The molecule has 1 aromatic rings. The van der Waals surface area contributed by atoms with Gasteiger partial charge in [-0.15, -0.1) is 0 Å². The number of carbonyl (C=O) groups excluding carboxylic acids is 2. The topological polar surface area (TPSA) is 58.6 Å². The molecule has 20 heavy (non-hydrogen) atoms. The van der Waals surface area contributed by atoms with Crippen LogP contribution in [-0.2, 0) is 4.79 Å². The molecule has 1 fully saturated rings. The summed E-state index contributed by atoms with van der Waals surface area (Å²) >= 11 is 0. The Bertz CT molecular complexity index is 492. The second-order valence-electron chi connectivity index (χ2n) is 5.01. The van der Waals surface area contributed by atoms with Crippen molar-refractivity contribution in [2.75, 3.05) is 19.5 Å². The Hall–Kier alpha value is -2.04. The van der Waals surface area contributed by atoms with Crippen LogP contribution in [0.15, 0.2) is 24.3 Å². The molecular formula is C15H20N2O3. The summed E-state index contributed by atoms with van der Waals surface area (Å²) < 4.78 is 5.21. The molecule has 0 aromatic heterocycles. The third-order valence-corrected chi connectivity index (χ3v) is 3.73. The minimum atomic E-state index is -0.172. The number of Topliss-reactive ketones (excluding diaryl/α,β-unsaturated/α-hetero) is 1. The van der Waals surface area contributed by atoms with Crippen LogP contribution in [0, 0.1) is 0 Å². The van der Waals surface area contributed by atoms with Crippen molar-refractivity contribution in [2.24, 2.45) is 0 Å². The zero-order valence-electron chi connectivity index (χ0n) is 11.9. The van der Waals surface area contributed by atoms with E-state index in [4.69, 9.17) is 4.74 Å². The number of anilines is 1. The molecule has 0 heterocycles. The van der Waals surface area contributed by atoms with Gasteiger partial charge in [0.15, 0.2) is 0 Å². The largest absolute Gasteiger partial charge is 0.495 e. The molecule has 0 unspecified atom stereocenters. The smallest absolute Gasteiger partial charge is 0.321 e. The zero-order chi connectivity index (χ0) is 14.5. The van der Waals surface area contributed by atoms with Crippen LogP contribution in [0.3, 0.4) is 0 Å². The summed E-state index contributed by atoms with van der Waals surface area (Å²) in [5, 5.41) is 2.85. The third-order valence-electron chi connectivity index (χ3n) is 3.73. The van der Waals surface area contributed by atoms with Gasteiger partial charge in [0.1, 0.15) is 11.5 Å². The lowest BCUT2D eigenvalue weighted by atomic mass is 9.93. The van der Waals surface area contributed by atoms with Crippen LogP contribution in [0.4, 0.5) is 10.5 Å². The number of carbonyl (C=O) groups is 2. The first kappa shape index (κ1) is 14.4. The summed E-state index contributed by atoms with van der Waals surface area (Å²) in [7, 11) is 3.34. The van der Waals surface area contributed by atoms with Crippen molar-refractivity contribution in [1.82, 2.24) is 4.90 Å². The van der Waals surface area contributed by atoms with Crippen molar-refractivity contribution in [3.63, 3.8) is 0 Å². The number of nitrogens with one attached hydrogen (secondary N) is 1. The number of hydrogen-bond acceptors (Lipinski definition) is 3. The Morgan fingerprint density at radius 1 is 1.30 bits per heavy atom. The fourth-order valence-electron chi connectivity index (χ4n) is 2.43. The first-order valence-corrected chi connectivity index (χ1v) is 6.80. The van der Waals surface area contributed by atoms with Gasteiger partial charge in [0.05, 0.1) is 12.8 Å². The fourth-order valence-corrected chi connectivity index (χ4v) is 2.43. The maximum absolute atomic E-state index is 12.2. The van der Waals surface area contributed by atoms with Gasteiger partial charge in [-0.1, -0.05) is 12.1 Å². The van der Waals surface area contributed by atoms with Gasteiger partial charge >= 0.3 is 6.03 Å². The van der Waals surface area contributed by atoms with Crippen molar-refractivity contribution >= 4 is 17.5 Å². The number of methoxy groups -OCH3 is 1. The number of para-hydroxylation sites is 2. The Morgan fingerprint density at radius 2 is 1.95 bits per heavy atom. The maximum atomic E-state index is 12.2. The molecule has 1 aliphatic carbocycles. The number of amides is 2. The van der Waals surface area contributed by atoms with E-state index >= 15 is 0 Å². The van der Waals surface area contributed by atoms with Gasteiger partial charge in [0, 0.05) is 25.9 Å². The van der Waals surface area contributed by atoms with Crippen LogP contribution in [-0.4, -0.2) is 36.9 Å². The molecule has 0 spiro atoms. The molecule has 1 aliphatic rings. The van der Waals surface area contributed by atoms with Gasteiger partial charge in [-0.25, -0.2) is 4.79 Å². The maximum Gasteiger partial charge on any atom is 0.321 e. The molecule has 1 saturated carbocycles. The quantitative estimate of drug-likeness (QED) is 0.923. The Morgan fingerprint density at radius 3 is 2.60 bits per heavy atom. The second kappa shape index (κ2) is 6.41. The van der Waals surface area contributed by atoms with Crippen molar-refractivity contribution in [2.45, 2.75) is 31.7 Å². The number of ketones is 1. The van der Waals surface area contributed by atoms with E-state index < -0.39 is 0 Å². The van der Waals surface area contributed by atoms with E-state index in [0.717, 1.165) is 12.8 Å². The molecule has 0 radical (unpaired) electrons. The average molecular weight is 276 g/mol. The Balaban J connectivity index is 1.98. The van der Waals surface area contributed by atoms with Gasteiger partial charge in [0.2, 0.25) is 0 Å². The van der Waals surface area contributed by atoms with Crippen LogP contribution in [0.5, 0.6) is 5.75 Å². The predicted molar refractivity (Wildman–Crippen MR) is 77.0 cm³/mol. The molecule has 108 valence electrons. The Labute approximate surface area is 118 Å². The zero-order valence-corrected chi connectivity index (χ0v) is 11.9. The summed E-state index contributed by atoms with van der Waals surface area (Å²) in [6.07, 6.45) is 2.62. The van der Waals surface area contributed by atoms with Crippen LogP contribution in [0.25, 0.3) is 0 Å². The van der Waals surface area contributed by atoms with E-state index in [9.17, 15) is 9.59 Å². The SMILES string of the molecule is COc1ccccc1NC(=O)N(C)C1CCC(=O)CC1. The average Bonchev–Trinajstić information content (AvgIpc) is 2.48. The van der Waals surface area contributed by atoms with Crippen molar-refractivity contribution in [1.29, 1.82) is 0 Å². The highest BCUT2D eigenvalue weighted by atomic mass is 16.5. The molecule has 1 N–H and O–H groups in total. The molecule has 0 saturated heterocycles. The fraction of sp³-hybridized carbons (Fsp3) is 0.467. The van der Waals surface area contributed by atoms with Crippen LogP contribution >= 0.6 is 0 Å². The van der Waals surface area contributed by atoms with E-state index in [-0.39, 0.29) is 12.1 Å². The van der Waals surface area contributed by atoms with E-state index in [2.05, 4.69) is 5.32 Å². The number of ether oxygens (including phenoxy) is 1. The minimum Gasteiger partial charge on any atom is -0.495 e. The monoisotopic (exact) mass is 276 g/mol. The van der Waals surface area contributed by atoms with Crippen LogP contribution in [0.2, 0.25) is 0 Å². The molecule has 5 nitrogen and oxygen atoms in total. The summed E-state index contributed by atoms with van der Waals surface area (Å²) in [6.45, 7) is 0. The Kier molecular flexibility index (Phi) is 4.61. The first-order chi connectivity index (χ1) is 9.61. The lowest BCUT2D eigenvalue weighted by Crippen LogP contribution is -2.42. The highest BCUT2D eigenvalue weighted by Crippen LogP contribution is 2.25. The molecule has 2 amide bonds. The number of benzene rings is 1. The molecule has 2 rings (SSSR count). The first-order valence-electron chi connectivity index (χ1n) is 6.80. The highest BCUT2D eigenvalue weighted by Gasteiger charge is 2.25. The number of urea groups is 1. The van der Waals surface area contributed by atoms with Crippen molar-refractivity contribution in [3.8, 4) is 5.75 Å². The van der Waals surface area contributed by atoms with Crippen LogP contribution < -0.4 is 10.1 Å². The lowest BCUT2D eigenvalue weighted by molar-refractivity contribution is -0.121. The molecule has 0 bridgehead atoms. The van der Waals surface area contributed by atoms with Gasteiger partial charge in [-0.3, -0.25) is 4.79 Å². The van der Waals surface area contributed by atoms with Gasteiger partial charge in [0.25, 0.3) is 0 Å². The molecule has 0 aliphatic heterocycles. The summed E-state index contributed by atoms with van der Waals surface area (Å²) in [5.41, 5.74) is 0.652. The minimum absolute atomic E-state index is 0.127. The van der Waals surface area contributed by atoms with E-state index in [1.807, 2.05) is 12.1 Å². The van der Waals surface area contributed by atoms with Gasteiger partial charge in [-0.05, 0) is 25.0 Å². The molecule has 1 aromatic carbocycles. The predicted octanol–water partition coefficient (Wildman–Crippen LogP) is 2.67. The van der Waals surface area contributed by atoms with E-state index in [1.165, 1.54) is 0 Å². The van der Waals surface area contributed by atoms with Crippen molar-refractivity contribution < 1.29 is 14.3 Å². The summed E-state index contributed by atoms with van der Waals surface area (Å²) in [5.74, 6) is 0.924. The lowest BCUT2D eigenvalue weighted by Gasteiger charge is -2.30. The standard InChI is InChI=1S/C15H20N2O3/c1-17(11-7-9-12(18)10-8-11)15(19)16-13-5-3-4-6-14(13)20-2/h3-6,11H,7-10H2,1-2H3,(H,16,19). The number of rotatable bonds is 3. The van der Waals surface area contributed by atoms with Crippen molar-refractivity contribution in [3.05, 3.63) is 24.3 Å². The van der Waals surface area contributed by atoms with Crippen LogP contribution in [0.1, 0.15) is 25.7 Å². The summed E-state index contributed by atoms with van der Waals surface area (Å²) in [4.78, 5) is 25.2. The summed E-state index contributed by atoms with van der Waals surface area (Å²) in [6, 6.07) is 7.25. The molecule has 0 atom stereocenters. The highest BCUT2D eigenvalue weighted by molar-refractivity contribution is 5.91. The second-order valence-corrected chi connectivity index (χ2v) is 5.01. The van der Waals surface area contributed by atoms with E-state index in [1.54, 1.807) is 31.2 Å². The van der Waals surface area contributed by atoms with E-state index in [0.29, 0.717) is 30.1 Å².